The number of alkyl halides is 3. The van der Waals surface area contributed by atoms with Crippen LogP contribution in [0.15, 0.2) is 30.7 Å². The molecule has 0 bridgehead atoms. The van der Waals surface area contributed by atoms with E-state index >= 15 is 0 Å². The summed E-state index contributed by atoms with van der Waals surface area (Å²) in [6.45, 7) is 0. The van der Waals surface area contributed by atoms with Gasteiger partial charge in [0.05, 0.1) is 6.20 Å². The minimum absolute atomic E-state index is 0.121. The smallest absolute Gasteiger partial charge is 0.436 e. The van der Waals surface area contributed by atoms with Crippen LogP contribution in [-0.4, -0.2) is 31.1 Å². The molecule has 2 atom stereocenters. The topological polar surface area (TPSA) is 80.9 Å². The van der Waals surface area contributed by atoms with Gasteiger partial charge in [-0.3, -0.25) is 4.98 Å². The van der Waals surface area contributed by atoms with Gasteiger partial charge in [-0.15, -0.1) is 5.10 Å². The molecule has 2 unspecified atom stereocenters. The van der Waals surface area contributed by atoms with Crippen molar-refractivity contribution in [2.75, 3.05) is 0 Å². The maximum Gasteiger partial charge on any atom is 0.436 e. The van der Waals surface area contributed by atoms with E-state index in [0.29, 0.717) is 12.6 Å². The van der Waals surface area contributed by atoms with Gasteiger partial charge in [-0.05, 0) is 43.2 Å². The quantitative estimate of drug-likeness (QED) is 0.929. The van der Waals surface area contributed by atoms with Crippen LogP contribution in [-0.2, 0) is 16.5 Å². The molecule has 0 spiro atoms. The number of hydrogen-bond donors (Lipinski definition) is 1. The van der Waals surface area contributed by atoms with Crippen molar-refractivity contribution in [2.24, 2.45) is 0 Å². The molecule has 6 nitrogen and oxygen atoms in total. The molecule has 1 aliphatic carbocycles. The first kappa shape index (κ1) is 16.4. The van der Waals surface area contributed by atoms with Crippen LogP contribution < -0.4 is 0 Å². The summed E-state index contributed by atoms with van der Waals surface area (Å²) in [4.78, 5) is 16.7. The van der Waals surface area contributed by atoms with Crippen molar-refractivity contribution < 1.29 is 23.1 Å². The molecule has 9 heteroatoms. The van der Waals surface area contributed by atoms with Gasteiger partial charge >= 0.3 is 12.1 Å². The predicted octanol–water partition coefficient (Wildman–Crippen LogP) is 2.83. The van der Waals surface area contributed by atoms with Crippen LogP contribution in [0, 0.1) is 0 Å². The number of pyridine rings is 1. The van der Waals surface area contributed by atoms with Crippen LogP contribution in [0.25, 0.3) is 0 Å². The number of aliphatic carboxylic acids is 1. The third-order valence-electron chi connectivity index (χ3n) is 4.45. The average molecular weight is 340 g/mol. The number of carboxylic acids is 1. The van der Waals surface area contributed by atoms with Crippen molar-refractivity contribution >= 4 is 5.97 Å². The molecule has 24 heavy (non-hydrogen) atoms. The summed E-state index contributed by atoms with van der Waals surface area (Å²) < 4.78 is 38.3. The summed E-state index contributed by atoms with van der Waals surface area (Å²) in [5.74, 6) is -1.34. The van der Waals surface area contributed by atoms with Gasteiger partial charge in [0, 0.05) is 12.4 Å². The molecule has 2 aromatic heterocycles. The van der Waals surface area contributed by atoms with Crippen LogP contribution in [0.3, 0.4) is 0 Å². The highest BCUT2D eigenvalue weighted by atomic mass is 19.4. The third kappa shape index (κ3) is 2.85. The Hall–Kier alpha value is -2.45. The van der Waals surface area contributed by atoms with Crippen LogP contribution >= 0.6 is 0 Å². The summed E-state index contributed by atoms with van der Waals surface area (Å²) in [6.07, 6.45) is 0.781. The second kappa shape index (κ2) is 5.88. The van der Waals surface area contributed by atoms with E-state index in [4.69, 9.17) is 0 Å². The van der Waals surface area contributed by atoms with Gasteiger partial charge < -0.3 is 5.11 Å². The first-order valence-corrected chi connectivity index (χ1v) is 7.46. The molecular weight excluding hydrogens is 325 g/mol. The number of rotatable bonds is 3. The summed E-state index contributed by atoms with van der Waals surface area (Å²) in [7, 11) is 0. The number of hydrogen-bond acceptors (Lipinski definition) is 4. The van der Waals surface area contributed by atoms with Crippen molar-refractivity contribution in [1.29, 1.82) is 0 Å². The highest BCUT2D eigenvalue weighted by molar-refractivity contribution is 5.76. The molecule has 1 aliphatic rings. The van der Waals surface area contributed by atoms with Crippen LogP contribution in [0.2, 0.25) is 0 Å². The Labute approximate surface area is 135 Å². The zero-order valence-corrected chi connectivity index (χ0v) is 12.6. The minimum atomic E-state index is -4.66. The molecule has 0 amide bonds. The zero-order chi connectivity index (χ0) is 17.4. The van der Waals surface area contributed by atoms with Crippen molar-refractivity contribution in [2.45, 2.75) is 43.3 Å². The van der Waals surface area contributed by atoms with Crippen molar-refractivity contribution in [3.8, 4) is 0 Å². The molecule has 0 aromatic carbocycles. The van der Waals surface area contributed by atoms with Gasteiger partial charge in [-0.2, -0.15) is 23.1 Å². The first-order valence-electron chi connectivity index (χ1n) is 7.46. The molecule has 2 aromatic rings. The number of carboxylic acid groups (broad SMARTS) is 1. The Balaban J connectivity index is 1.97. The van der Waals surface area contributed by atoms with Gasteiger partial charge in [0.1, 0.15) is 0 Å². The fourth-order valence-electron chi connectivity index (χ4n) is 3.22. The third-order valence-corrected chi connectivity index (χ3v) is 4.45. The fraction of sp³-hybridized carbons (Fsp3) is 0.467. The van der Waals surface area contributed by atoms with Crippen molar-refractivity contribution in [3.05, 3.63) is 42.0 Å². The molecule has 0 saturated heterocycles. The second-order valence-corrected chi connectivity index (χ2v) is 5.93. The summed E-state index contributed by atoms with van der Waals surface area (Å²) >= 11 is 0. The Kier molecular flexibility index (Phi) is 4.02. The van der Waals surface area contributed by atoms with Gasteiger partial charge in [0.25, 0.3) is 0 Å². The number of carbonyl (C=O) groups is 1. The lowest BCUT2D eigenvalue weighted by atomic mass is 9.73. The molecule has 1 saturated carbocycles. The lowest BCUT2D eigenvalue weighted by Gasteiger charge is -2.36. The SMILES string of the molecule is O=C(O)C1(n2ncc(C(F)(F)F)n2)CCCC(c2cccnc2)C1. The highest BCUT2D eigenvalue weighted by Crippen LogP contribution is 2.42. The Morgan fingerprint density at radius 3 is 2.75 bits per heavy atom. The Morgan fingerprint density at radius 2 is 2.17 bits per heavy atom. The standard InChI is InChI=1S/C15H15F3N4O2/c16-15(17,18)12-9-20-22(21-12)14(13(23)24)5-1-3-10(7-14)11-4-2-6-19-8-11/h2,4,6,8-10H,1,3,5,7H2,(H,23,24). The molecular formula is C15H15F3N4O2. The van der Waals surface area contributed by atoms with Crippen molar-refractivity contribution in [1.82, 2.24) is 20.0 Å². The van der Waals surface area contributed by atoms with Crippen LogP contribution in [0.5, 0.6) is 0 Å². The molecule has 1 N–H and O–H groups in total. The van der Waals surface area contributed by atoms with Crippen molar-refractivity contribution in [3.63, 3.8) is 0 Å². The molecule has 0 radical (unpaired) electrons. The van der Waals surface area contributed by atoms with Gasteiger partial charge in [-0.25, -0.2) is 4.79 Å². The molecule has 1 fully saturated rings. The monoisotopic (exact) mass is 340 g/mol. The summed E-state index contributed by atoms with van der Waals surface area (Å²) in [6, 6.07) is 3.59. The summed E-state index contributed by atoms with van der Waals surface area (Å²) in [5, 5.41) is 16.7. The van der Waals surface area contributed by atoms with E-state index in [1.54, 1.807) is 18.5 Å². The second-order valence-electron chi connectivity index (χ2n) is 5.93. The minimum Gasteiger partial charge on any atom is -0.479 e. The van der Waals surface area contributed by atoms with Crippen LogP contribution in [0.1, 0.15) is 42.9 Å². The van der Waals surface area contributed by atoms with E-state index in [1.165, 1.54) is 0 Å². The Morgan fingerprint density at radius 1 is 1.38 bits per heavy atom. The van der Waals surface area contributed by atoms with E-state index in [-0.39, 0.29) is 18.8 Å². The number of nitrogens with zero attached hydrogens (tertiary/aromatic N) is 4. The Bertz CT molecular complexity index is 732. The maximum absolute atomic E-state index is 12.8. The number of halogens is 3. The van der Waals surface area contributed by atoms with Gasteiger partial charge in [0.15, 0.2) is 11.2 Å². The van der Waals surface area contributed by atoms with E-state index in [1.807, 2.05) is 6.07 Å². The first-order chi connectivity index (χ1) is 11.3. The highest BCUT2D eigenvalue weighted by Gasteiger charge is 2.48. The van der Waals surface area contributed by atoms with Gasteiger partial charge in [0.2, 0.25) is 0 Å². The predicted molar refractivity (Wildman–Crippen MR) is 76.1 cm³/mol. The largest absolute Gasteiger partial charge is 0.479 e. The molecule has 2 heterocycles. The lowest BCUT2D eigenvalue weighted by molar-refractivity contribution is -0.153. The maximum atomic E-state index is 12.8. The molecule has 128 valence electrons. The van der Waals surface area contributed by atoms with E-state index in [0.717, 1.165) is 16.8 Å². The molecule has 0 aliphatic heterocycles. The van der Waals surface area contributed by atoms with Gasteiger partial charge in [-0.1, -0.05) is 6.07 Å². The lowest BCUT2D eigenvalue weighted by Crippen LogP contribution is -2.47. The van der Waals surface area contributed by atoms with Crippen LogP contribution in [0.4, 0.5) is 13.2 Å². The number of aromatic nitrogens is 4. The molecule has 3 rings (SSSR count). The normalized spacial score (nSPS) is 24.7. The van der Waals surface area contributed by atoms with E-state index < -0.39 is 23.4 Å². The van der Waals surface area contributed by atoms with E-state index in [2.05, 4.69) is 15.2 Å². The fourth-order valence-corrected chi connectivity index (χ4v) is 3.22. The average Bonchev–Trinajstić information content (AvgIpc) is 3.06. The zero-order valence-electron chi connectivity index (χ0n) is 12.6. The van der Waals surface area contributed by atoms with E-state index in [9.17, 15) is 23.1 Å². The summed E-state index contributed by atoms with van der Waals surface area (Å²) in [5.41, 5.74) is -1.90.